The molecule has 5 nitrogen and oxygen atoms in total. The third-order valence-electron chi connectivity index (χ3n) is 3.78. The van der Waals surface area contributed by atoms with Gasteiger partial charge < -0.3 is 10.3 Å². The summed E-state index contributed by atoms with van der Waals surface area (Å²) in [6, 6.07) is 11.4. The fourth-order valence-corrected chi connectivity index (χ4v) is 2.52. The second-order valence-corrected chi connectivity index (χ2v) is 5.99. The van der Waals surface area contributed by atoms with E-state index < -0.39 is 0 Å². The lowest BCUT2D eigenvalue weighted by molar-refractivity contribution is -0.117. The smallest absolute Gasteiger partial charge is 0.244 e. The first-order valence-corrected chi connectivity index (χ1v) is 7.97. The minimum Gasteiger partial charge on any atom is -0.342 e. The van der Waals surface area contributed by atoms with Gasteiger partial charge in [-0.15, -0.1) is 0 Å². The molecule has 3 aromatic rings. The maximum atomic E-state index is 12.3. The molecule has 0 aliphatic heterocycles. The van der Waals surface area contributed by atoms with Crippen molar-refractivity contribution >= 4 is 23.0 Å². The number of fused-ring (bicyclic) bond motifs is 1. The van der Waals surface area contributed by atoms with Gasteiger partial charge in [0, 0.05) is 18.5 Å². The van der Waals surface area contributed by atoms with Crippen LogP contribution >= 0.6 is 0 Å². The SMILES string of the molecule is CC(C)C(NC(=O)/C=C/c1cccnc1)c1nc2ccccc2[nH]1. The van der Waals surface area contributed by atoms with Gasteiger partial charge in [0.05, 0.1) is 17.1 Å². The van der Waals surface area contributed by atoms with E-state index >= 15 is 0 Å². The lowest BCUT2D eigenvalue weighted by Gasteiger charge is -2.19. The van der Waals surface area contributed by atoms with Crippen molar-refractivity contribution in [1.29, 1.82) is 0 Å². The second kappa shape index (κ2) is 7.08. The molecule has 2 N–H and O–H groups in total. The normalized spacial score (nSPS) is 12.8. The number of H-pyrrole nitrogens is 1. The molecule has 1 atom stereocenters. The lowest BCUT2D eigenvalue weighted by atomic mass is 10.0. The Morgan fingerprint density at radius 1 is 1.21 bits per heavy atom. The molecule has 2 heterocycles. The Labute approximate surface area is 140 Å². The molecular formula is C19H20N4O. The molecule has 0 spiro atoms. The fraction of sp³-hybridized carbons (Fsp3) is 0.211. The number of aromatic amines is 1. The van der Waals surface area contributed by atoms with Gasteiger partial charge in [-0.25, -0.2) is 4.98 Å². The lowest BCUT2D eigenvalue weighted by Crippen LogP contribution is -2.31. The van der Waals surface area contributed by atoms with E-state index in [1.54, 1.807) is 18.5 Å². The van der Waals surface area contributed by atoms with Crippen LogP contribution in [0.1, 0.15) is 31.3 Å². The molecular weight excluding hydrogens is 300 g/mol. The molecule has 122 valence electrons. The molecule has 5 heteroatoms. The molecule has 0 bridgehead atoms. The summed E-state index contributed by atoms with van der Waals surface area (Å²) in [6.07, 6.45) is 6.68. The predicted octanol–water partition coefficient (Wildman–Crippen LogP) is 3.48. The quantitative estimate of drug-likeness (QED) is 0.707. The van der Waals surface area contributed by atoms with Crippen LogP contribution in [0.2, 0.25) is 0 Å². The highest BCUT2D eigenvalue weighted by Crippen LogP contribution is 2.22. The van der Waals surface area contributed by atoms with Crippen molar-refractivity contribution in [2.75, 3.05) is 0 Å². The summed E-state index contributed by atoms with van der Waals surface area (Å²) in [5.74, 6) is 0.827. The van der Waals surface area contributed by atoms with Crippen molar-refractivity contribution < 1.29 is 4.79 Å². The highest BCUT2D eigenvalue weighted by Gasteiger charge is 2.20. The number of nitrogens with one attached hydrogen (secondary N) is 2. The summed E-state index contributed by atoms with van der Waals surface area (Å²) in [6.45, 7) is 4.12. The van der Waals surface area contributed by atoms with Crippen molar-refractivity contribution in [3.05, 3.63) is 66.3 Å². The summed E-state index contributed by atoms with van der Waals surface area (Å²) < 4.78 is 0. The molecule has 0 saturated heterocycles. The van der Waals surface area contributed by atoms with Crippen LogP contribution in [0, 0.1) is 5.92 Å². The van der Waals surface area contributed by atoms with E-state index in [1.165, 1.54) is 6.08 Å². The highest BCUT2D eigenvalue weighted by atomic mass is 16.1. The van der Waals surface area contributed by atoms with Crippen LogP contribution in [0.4, 0.5) is 0 Å². The zero-order valence-electron chi connectivity index (χ0n) is 13.7. The molecule has 1 aromatic carbocycles. The van der Waals surface area contributed by atoms with Gasteiger partial charge in [0.1, 0.15) is 5.82 Å². The summed E-state index contributed by atoms with van der Waals surface area (Å²) in [5, 5.41) is 3.02. The van der Waals surface area contributed by atoms with E-state index in [2.05, 4.69) is 34.1 Å². The first kappa shape index (κ1) is 15.9. The molecule has 0 aliphatic rings. The Kier molecular flexibility index (Phi) is 4.70. The van der Waals surface area contributed by atoms with E-state index in [1.807, 2.05) is 36.4 Å². The number of aromatic nitrogens is 3. The summed E-state index contributed by atoms with van der Waals surface area (Å²) in [5.41, 5.74) is 2.76. The Balaban J connectivity index is 1.76. The molecule has 3 rings (SSSR count). The number of imidazole rings is 1. The number of carbonyl (C=O) groups is 1. The second-order valence-electron chi connectivity index (χ2n) is 5.99. The van der Waals surface area contributed by atoms with Crippen molar-refractivity contribution in [3.8, 4) is 0 Å². The first-order chi connectivity index (χ1) is 11.6. The standard InChI is InChI=1S/C19H20N4O/c1-13(2)18(19-21-15-7-3-4-8-16(15)22-19)23-17(24)10-9-14-6-5-11-20-12-14/h3-13,18H,1-2H3,(H,21,22)(H,23,24)/b10-9+. The number of hydrogen-bond acceptors (Lipinski definition) is 3. The van der Waals surface area contributed by atoms with Crippen LogP contribution in [0.3, 0.4) is 0 Å². The molecule has 0 fully saturated rings. The van der Waals surface area contributed by atoms with E-state index in [9.17, 15) is 4.79 Å². The molecule has 1 amide bonds. The minimum absolute atomic E-state index is 0.155. The van der Waals surface area contributed by atoms with Gasteiger partial charge in [-0.05, 0) is 35.8 Å². The summed E-state index contributed by atoms with van der Waals surface area (Å²) in [4.78, 5) is 24.2. The van der Waals surface area contributed by atoms with Gasteiger partial charge in [-0.3, -0.25) is 9.78 Å². The highest BCUT2D eigenvalue weighted by molar-refractivity contribution is 5.92. The van der Waals surface area contributed by atoms with Gasteiger partial charge in [0.25, 0.3) is 0 Å². The third-order valence-corrected chi connectivity index (χ3v) is 3.78. The molecule has 2 aromatic heterocycles. The topological polar surface area (TPSA) is 70.7 Å². The largest absolute Gasteiger partial charge is 0.342 e. The van der Waals surface area contributed by atoms with Crippen molar-refractivity contribution in [3.63, 3.8) is 0 Å². The fourth-order valence-electron chi connectivity index (χ4n) is 2.52. The van der Waals surface area contributed by atoms with Crippen LogP contribution in [-0.2, 0) is 4.79 Å². The van der Waals surface area contributed by atoms with Gasteiger partial charge in [0.15, 0.2) is 0 Å². The van der Waals surface area contributed by atoms with E-state index in [4.69, 9.17) is 0 Å². The number of rotatable bonds is 5. The van der Waals surface area contributed by atoms with E-state index in [-0.39, 0.29) is 17.9 Å². The van der Waals surface area contributed by atoms with Gasteiger partial charge >= 0.3 is 0 Å². The van der Waals surface area contributed by atoms with Crippen molar-refractivity contribution in [1.82, 2.24) is 20.3 Å². The number of para-hydroxylation sites is 2. The number of pyridine rings is 1. The molecule has 0 radical (unpaired) electrons. The van der Waals surface area contributed by atoms with Crippen molar-refractivity contribution in [2.45, 2.75) is 19.9 Å². The molecule has 0 aliphatic carbocycles. The molecule has 24 heavy (non-hydrogen) atoms. The molecule has 1 unspecified atom stereocenters. The average molecular weight is 320 g/mol. The monoisotopic (exact) mass is 320 g/mol. The van der Waals surface area contributed by atoms with E-state index in [0.29, 0.717) is 0 Å². The Morgan fingerprint density at radius 2 is 2.04 bits per heavy atom. The summed E-state index contributed by atoms with van der Waals surface area (Å²) >= 11 is 0. The minimum atomic E-state index is -0.177. The van der Waals surface area contributed by atoms with Gasteiger partial charge in [0.2, 0.25) is 5.91 Å². The molecule has 0 saturated carbocycles. The van der Waals surface area contributed by atoms with Crippen LogP contribution in [0.25, 0.3) is 17.1 Å². The van der Waals surface area contributed by atoms with Crippen LogP contribution < -0.4 is 5.32 Å². The summed E-state index contributed by atoms with van der Waals surface area (Å²) in [7, 11) is 0. The predicted molar refractivity (Wildman–Crippen MR) is 95.1 cm³/mol. The van der Waals surface area contributed by atoms with E-state index in [0.717, 1.165) is 22.4 Å². The Bertz CT molecular complexity index is 819. The Hall–Kier alpha value is -2.95. The number of hydrogen-bond donors (Lipinski definition) is 2. The van der Waals surface area contributed by atoms with Crippen molar-refractivity contribution in [2.24, 2.45) is 5.92 Å². The number of benzene rings is 1. The zero-order chi connectivity index (χ0) is 16.9. The maximum absolute atomic E-state index is 12.3. The van der Waals surface area contributed by atoms with Crippen LogP contribution in [-0.4, -0.2) is 20.9 Å². The number of nitrogens with zero attached hydrogens (tertiary/aromatic N) is 2. The van der Waals surface area contributed by atoms with Gasteiger partial charge in [-0.1, -0.05) is 32.0 Å². The average Bonchev–Trinajstić information content (AvgIpc) is 3.02. The maximum Gasteiger partial charge on any atom is 0.244 e. The zero-order valence-corrected chi connectivity index (χ0v) is 13.7. The van der Waals surface area contributed by atoms with Crippen LogP contribution in [0.15, 0.2) is 54.9 Å². The Morgan fingerprint density at radius 3 is 2.75 bits per heavy atom. The first-order valence-electron chi connectivity index (χ1n) is 7.97. The number of carbonyl (C=O) groups excluding carboxylic acids is 1. The van der Waals surface area contributed by atoms with Crippen LogP contribution in [0.5, 0.6) is 0 Å². The number of amides is 1. The van der Waals surface area contributed by atoms with Gasteiger partial charge in [-0.2, -0.15) is 0 Å². The third kappa shape index (κ3) is 3.68.